The van der Waals surface area contributed by atoms with Gasteiger partial charge in [0.2, 0.25) is 0 Å². The van der Waals surface area contributed by atoms with E-state index in [2.05, 4.69) is 0 Å². The summed E-state index contributed by atoms with van der Waals surface area (Å²) >= 11 is 0. The van der Waals surface area contributed by atoms with Gasteiger partial charge in [-0.05, 0) is 6.07 Å². The minimum absolute atomic E-state index is 0.246. The molecule has 0 aromatic carbocycles. The summed E-state index contributed by atoms with van der Waals surface area (Å²) in [6.07, 6.45) is -0.883. The number of hydrogen-bond donors (Lipinski definition) is 2. The second-order valence-electron chi connectivity index (χ2n) is 3.33. The summed E-state index contributed by atoms with van der Waals surface area (Å²) in [7, 11) is 0. The van der Waals surface area contributed by atoms with Crippen molar-refractivity contribution in [1.82, 2.24) is 0 Å². The molecular weight excluding hydrogens is 186 g/mol. The van der Waals surface area contributed by atoms with Gasteiger partial charge >= 0.3 is 0 Å². The lowest BCUT2D eigenvalue weighted by Gasteiger charge is -2.12. The Bertz CT molecular complexity index is 325. The predicted octanol–water partition coefficient (Wildman–Crippen LogP) is -0.366. The number of aldehydes is 1. The lowest BCUT2D eigenvalue weighted by Crippen LogP contribution is -2.22. The number of rotatable bonds is 2. The zero-order valence-corrected chi connectivity index (χ0v) is 7.46. The summed E-state index contributed by atoms with van der Waals surface area (Å²) in [5, 5.41) is 18.6. The van der Waals surface area contributed by atoms with E-state index in [4.69, 9.17) is 4.42 Å². The number of furan rings is 1. The Morgan fingerprint density at radius 3 is 2.50 bits per heavy atom. The van der Waals surface area contributed by atoms with E-state index in [1.54, 1.807) is 17.0 Å². The summed E-state index contributed by atoms with van der Waals surface area (Å²) in [6, 6.07) is 3.20. The van der Waals surface area contributed by atoms with Crippen molar-refractivity contribution in [2.45, 2.75) is 12.2 Å². The molecule has 5 heteroatoms. The zero-order chi connectivity index (χ0) is 10.1. The van der Waals surface area contributed by atoms with E-state index >= 15 is 0 Å². The van der Waals surface area contributed by atoms with Crippen molar-refractivity contribution in [3.8, 4) is 0 Å². The van der Waals surface area contributed by atoms with Gasteiger partial charge in [0.15, 0.2) is 17.9 Å². The number of carbonyl (C=O) groups is 1. The second-order valence-corrected chi connectivity index (χ2v) is 3.33. The van der Waals surface area contributed by atoms with E-state index in [1.165, 1.54) is 0 Å². The van der Waals surface area contributed by atoms with Crippen LogP contribution in [0.1, 0.15) is 10.6 Å². The van der Waals surface area contributed by atoms with Gasteiger partial charge in [-0.15, -0.1) is 0 Å². The molecule has 0 saturated carbocycles. The summed E-state index contributed by atoms with van der Waals surface area (Å²) < 4.78 is 5.15. The third kappa shape index (κ3) is 1.51. The van der Waals surface area contributed by atoms with Crippen LogP contribution in [0.3, 0.4) is 0 Å². The fourth-order valence-electron chi connectivity index (χ4n) is 1.52. The van der Waals surface area contributed by atoms with Gasteiger partial charge in [-0.1, -0.05) is 0 Å². The summed E-state index contributed by atoms with van der Waals surface area (Å²) in [5.74, 6) is 0.749. The van der Waals surface area contributed by atoms with Crippen molar-refractivity contribution >= 4 is 12.2 Å². The highest BCUT2D eigenvalue weighted by atomic mass is 16.4. The lowest BCUT2D eigenvalue weighted by molar-refractivity contribution is 0.0572. The molecule has 0 radical (unpaired) electrons. The fraction of sp³-hybridized carbons (Fsp3) is 0.444. The zero-order valence-electron chi connectivity index (χ0n) is 7.46. The van der Waals surface area contributed by atoms with Crippen LogP contribution >= 0.6 is 0 Å². The minimum atomic E-state index is -0.750. The molecule has 76 valence electrons. The van der Waals surface area contributed by atoms with Gasteiger partial charge in [0.25, 0.3) is 0 Å². The standard InChI is InChI=1S/C9H11NO4/c11-5-6-1-2-9(14-6)10-3-7(12)8(13)4-10/h1-2,5,7-8,12-13H,3-4H2. The molecule has 2 rings (SSSR count). The molecule has 0 aliphatic carbocycles. The van der Waals surface area contributed by atoms with Crippen molar-refractivity contribution in [2.75, 3.05) is 18.0 Å². The average molecular weight is 197 g/mol. The molecule has 2 N–H and O–H groups in total. The maximum atomic E-state index is 10.4. The molecular formula is C9H11NO4. The molecule has 1 aliphatic rings. The number of anilines is 1. The molecule has 0 spiro atoms. The normalized spacial score (nSPS) is 26.9. The van der Waals surface area contributed by atoms with Gasteiger partial charge in [0.05, 0.1) is 12.2 Å². The number of aliphatic hydroxyl groups excluding tert-OH is 2. The first-order valence-corrected chi connectivity index (χ1v) is 4.37. The van der Waals surface area contributed by atoms with Gasteiger partial charge < -0.3 is 19.5 Å². The van der Waals surface area contributed by atoms with Crippen LogP contribution in [0.2, 0.25) is 0 Å². The van der Waals surface area contributed by atoms with E-state index in [1.807, 2.05) is 0 Å². The Labute approximate surface area is 80.6 Å². The van der Waals surface area contributed by atoms with Crippen molar-refractivity contribution in [2.24, 2.45) is 0 Å². The molecule has 2 unspecified atom stereocenters. The van der Waals surface area contributed by atoms with Crippen molar-refractivity contribution in [3.63, 3.8) is 0 Å². The molecule has 1 fully saturated rings. The number of β-amino-alcohol motifs (C(OH)–C–C–N with tert-alkyl or cyclic N) is 2. The minimum Gasteiger partial charge on any atom is -0.438 e. The van der Waals surface area contributed by atoms with Crippen LogP contribution in [-0.2, 0) is 0 Å². The fourth-order valence-corrected chi connectivity index (χ4v) is 1.52. The SMILES string of the molecule is O=Cc1ccc(N2CC(O)C(O)C2)o1. The van der Waals surface area contributed by atoms with Crippen LogP contribution in [0.4, 0.5) is 5.88 Å². The Balaban J connectivity index is 2.12. The number of aliphatic hydroxyl groups is 2. The summed E-state index contributed by atoms with van der Waals surface area (Å²) in [5.41, 5.74) is 0. The van der Waals surface area contributed by atoms with Crippen molar-refractivity contribution < 1.29 is 19.4 Å². The van der Waals surface area contributed by atoms with E-state index in [-0.39, 0.29) is 5.76 Å². The molecule has 0 bridgehead atoms. The summed E-state index contributed by atoms with van der Waals surface area (Å²) in [4.78, 5) is 12.0. The molecule has 2 atom stereocenters. The van der Waals surface area contributed by atoms with E-state index < -0.39 is 12.2 Å². The number of nitrogens with zero attached hydrogens (tertiary/aromatic N) is 1. The predicted molar refractivity (Wildman–Crippen MR) is 48.3 cm³/mol. The molecule has 1 aliphatic heterocycles. The first kappa shape index (κ1) is 9.23. The maximum Gasteiger partial charge on any atom is 0.196 e. The quantitative estimate of drug-likeness (QED) is 0.633. The Kier molecular flexibility index (Phi) is 2.26. The largest absolute Gasteiger partial charge is 0.438 e. The van der Waals surface area contributed by atoms with Crippen LogP contribution in [0.15, 0.2) is 16.5 Å². The van der Waals surface area contributed by atoms with E-state index in [9.17, 15) is 15.0 Å². The third-order valence-electron chi connectivity index (χ3n) is 2.30. The van der Waals surface area contributed by atoms with Crippen LogP contribution in [0.25, 0.3) is 0 Å². The second kappa shape index (κ2) is 3.43. The van der Waals surface area contributed by atoms with Gasteiger partial charge in [-0.25, -0.2) is 0 Å². The van der Waals surface area contributed by atoms with Gasteiger partial charge in [0, 0.05) is 19.2 Å². The topological polar surface area (TPSA) is 73.9 Å². The Morgan fingerprint density at radius 2 is 2.00 bits per heavy atom. The molecule has 0 amide bonds. The number of carbonyl (C=O) groups excluding carboxylic acids is 1. The Hall–Kier alpha value is -1.33. The van der Waals surface area contributed by atoms with E-state index in [0.717, 1.165) is 0 Å². The van der Waals surface area contributed by atoms with Crippen LogP contribution in [0.5, 0.6) is 0 Å². The van der Waals surface area contributed by atoms with Crippen LogP contribution in [-0.4, -0.2) is 41.8 Å². The third-order valence-corrected chi connectivity index (χ3v) is 2.30. The smallest absolute Gasteiger partial charge is 0.196 e. The van der Waals surface area contributed by atoms with Gasteiger partial charge in [0.1, 0.15) is 0 Å². The van der Waals surface area contributed by atoms with Crippen LogP contribution in [0, 0.1) is 0 Å². The molecule has 14 heavy (non-hydrogen) atoms. The highest BCUT2D eigenvalue weighted by Crippen LogP contribution is 2.22. The molecule has 2 heterocycles. The highest BCUT2D eigenvalue weighted by molar-refractivity contribution is 5.71. The molecule has 5 nitrogen and oxygen atoms in total. The lowest BCUT2D eigenvalue weighted by atomic mass is 10.3. The first-order chi connectivity index (χ1) is 6.70. The van der Waals surface area contributed by atoms with Gasteiger partial charge in [-0.3, -0.25) is 4.79 Å². The van der Waals surface area contributed by atoms with Gasteiger partial charge in [-0.2, -0.15) is 0 Å². The number of hydrogen-bond acceptors (Lipinski definition) is 5. The average Bonchev–Trinajstić information content (AvgIpc) is 2.74. The molecule has 1 aromatic heterocycles. The first-order valence-electron chi connectivity index (χ1n) is 4.37. The molecule has 1 aromatic rings. The van der Waals surface area contributed by atoms with Crippen molar-refractivity contribution in [3.05, 3.63) is 17.9 Å². The monoisotopic (exact) mass is 197 g/mol. The molecule has 1 saturated heterocycles. The highest BCUT2D eigenvalue weighted by Gasteiger charge is 2.30. The summed E-state index contributed by atoms with van der Waals surface area (Å²) in [6.45, 7) is 0.653. The van der Waals surface area contributed by atoms with E-state index in [0.29, 0.717) is 25.3 Å². The van der Waals surface area contributed by atoms with Crippen molar-refractivity contribution in [1.29, 1.82) is 0 Å². The maximum absolute atomic E-state index is 10.4. The Morgan fingerprint density at radius 1 is 1.36 bits per heavy atom. The van der Waals surface area contributed by atoms with Crippen LogP contribution < -0.4 is 4.90 Å².